The molecule has 2 N–H and O–H groups in total. The second kappa shape index (κ2) is 8.31. The monoisotopic (exact) mass is 169 g/mol. The van der Waals surface area contributed by atoms with E-state index >= 15 is 0 Å². The van der Waals surface area contributed by atoms with Crippen molar-refractivity contribution >= 4 is 5.91 Å². The summed E-state index contributed by atoms with van der Waals surface area (Å²) < 4.78 is 0. The van der Waals surface area contributed by atoms with Crippen LogP contribution >= 0.6 is 0 Å². The predicted molar refractivity (Wildman–Crippen MR) is 51.7 cm³/mol. The van der Waals surface area contributed by atoms with Crippen molar-refractivity contribution in [1.29, 1.82) is 0 Å². The number of primary amides is 1. The predicted octanol–water partition coefficient (Wildman–Crippen LogP) is 2.39. The molecule has 0 fully saturated rings. The summed E-state index contributed by atoms with van der Waals surface area (Å²) in [5, 5.41) is 0. The van der Waals surface area contributed by atoms with Gasteiger partial charge in [-0.25, -0.2) is 0 Å². The Kier molecular flexibility index (Phi) is 7.76. The minimum absolute atomic E-state index is 0.250. The van der Waals surface area contributed by atoms with Gasteiger partial charge in [-0.15, -0.1) is 0 Å². The van der Waals surface area contributed by atoms with Gasteiger partial charge in [0, 0.05) is 6.42 Å². The zero-order valence-corrected chi connectivity index (χ0v) is 7.88. The van der Waals surface area contributed by atoms with Crippen molar-refractivity contribution in [2.24, 2.45) is 5.73 Å². The SMILES string of the molecule is CCCCCCC=CCC(N)=O. The molecule has 0 aromatic carbocycles. The first-order valence-electron chi connectivity index (χ1n) is 4.70. The van der Waals surface area contributed by atoms with Crippen LogP contribution in [0.5, 0.6) is 0 Å². The number of carbonyl (C=O) groups excluding carboxylic acids is 1. The molecule has 0 saturated heterocycles. The lowest BCUT2D eigenvalue weighted by atomic mass is 10.1. The third-order valence-corrected chi connectivity index (χ3v) is 1.71. The summed E-state index contributed by atoms with van der Waals surface area (Å²) in [6.07, 6.45) is 10.4. The van der Waals surface area contributed by atoms with E-state index in [2.05, 4.69) is 6.92 Å². The van der Waals surface area contributed by atoms with Crippen LogP contribution in [0.2, 0.25) is 0 Å². The van der Waals surface area contributed by atoms with Crippen LogP contribution in [0.15, 0.2) is 12.2 Å². The van der Waals surface area contributed by atoms with Crippen LogP contribution in [0.1, 0.15) is 45.4 Å². The Morgan fingerprint density at radius 2 is 2.00 bits per heavy atom. The average molecular weight is 169 g/mol. The molecule has 0 radical (unpaired) electrons. The number of hydrogen-bond donors (Lipinski definition) is 1. The highest BCUT2D eigenvalue weighted by atomic mass is 16.1. The Morgan fingerprint density at radius 3 is 2.58 bits per heavy atom. The minimum atomic E-state index is -0.250. The van der Waals surface area contributed by atoms with Crippen molar-refractivity contribution in [3.05, 3.63) is 12.2 Å². The van der Waals surface area contributed by atoms with E-state index in [9.17, 15) is 4.79 Å². The van der Waals surface area contributed by atoms with Crippen molar-refractivity contribution in [2.75, 3.05) is 0 Å². The van der Waals surface area contributed by atoms with Crippen molar-refractivity contribution < 1.29 is 4.79 Å². The molecule has 0 bridgehead atoms. The normalized spacial score (nSPS) is 10.8. The minimum Gasteiger partial charge on any atom is -0.369 e. The molecule has 0 saturated carbocycles. The van der Waals surface area contributed by atoms with Gasteiger partial charge < -0.3 is 5.73 Å². The Morgan fingerprint density at radius 1 is 1.25 bits per heavy atom. The molecule has 12 heavy (non-hydrogen) atoms. The van der Waals surface area contributed by atoms with Gasteiger partial charge in [0.05, 0.1) is 0 Å². The molecule has 0 spiro atoms. The first kappa shape index (κ1) is 11.2. The van der Waals surface area contributed by atoms with Crippen LogP contribution in [0, 0.1) is 0 Å². The fourth-order valence-electron chi connectivity index (χ4n) is 1.01. The van der Waals surface area contributed by atoms with Gasteiger partial charge in [-0.1, -0.05) is 38.3 Å². The van der Waals surface area contributed by atoms with Crippen LogP contribution in [-0.4, -0.2) is 5.91 Å². The molecular formula is C10H19NO. The Bertz CT molecular complexity index is 141. The van der Waals surface area contributed by atoms with Gasteiger partial charge in [0.15, 0.2) is 0 Å². The lowest BCUT2D eigenvalue weighted by Crippen LogP contribution is -2.07. The topological polar surface area (TPSA) is 43.1 Å². The highest BCUT2D eigenvalue weighted by Gasteiger charge is 1.87. The summed E-state index contributed by atoms with van der Waals surface area (Å²) in [6, 6.07) is 0. The summed E-state index contributed by atoms with van der Waals surface area (Å²) in [5.74, 6) is -0.250. The molecule has 0 aliphatic heterocycles. The van der Waals surface area contributed by atoms with Gasteiger partial charge in [0.25, 0.3) is 0 Å². The molecule has 70 valence electrons. The lowest BCUT2D eigenvalue weighted by molar-refractivity contribution is -0.117. The number of nitrogens with two attached hydrogens (primary N) is 1. The van der Waals surface area contributed by atoms with Crippen LogP contribution in [0.25, 0.3) is 0 Å². The summed E-state index contributed by atoms with van der Waals surface area (Å²) >= 11 is 0. The largest absolute Gasteiger partial charge is 0.369 e. The highest BCUT2D eigenvalue weighted by molar-refractivity contribution is 5.75. The number of rotatable bonds is 7. The molecule has 0 aliphatic carbocycles. The molecule has 1 amide bonds. The molecule has 0 unspecified atom stereocenters. The van der Waals surface area contributed by atoms with E-state index in [0.29, 0.717) is 6.42 Å². The van der Waals surface area contributed by atoms with Gasteiger partial charge >= 0.3 is 0 Å². The van der Waals surface area contributed by atoms with Crippen LogP contribution in [0.4, 0.5) is 0 Å². The quantitative estimate of drug-likeness (QED) is 0.461. The van der Waals surface area contributed by atoms with Gasteiger partial charge in [-0.2, -0.15) is 0 Å². The number of hydrogen-bond acceptors (Lipinski definition) is 1. The van der Waals surface area contributed by atoms with Gasteiger partial charge in [0.1, 0.15) is 0 Å². The molecule has 0 rings (SSSR count). The number of unbranched alkanes of at least 4 members (excludes halogenated alkanes) is 4. The molecule has 2 nitrogen and oxygen atoms in total. The third kappa shape index (κ3) is 9.21. The second-order valence-corrected chi connectivity index (χ2v) is 2.99. The van der Waals surface area contributed by atoms with Crippen LogP contribution in [0.3, 0.4) is 0 Å². The Hall–Kier alpha value is -0.790. The van der Waals surface area contributed by atoms with E-state index < -0.39 is 0 Å². The van der Waals surface area contributed by atoms with E-state index in [0.717, 1.165) is 6.42 Å². The lowest BCUT2D eigenvalue weighted by Gasteiger charge is -1.93. The fourth-order valence-corrected chi connectivity index (χ4v) is 1.01. The standard InChI is InChI=1S/C10H19NO/c1-2-3-4-5-6-7-8-9-10(11)12/h7-8H,2-6,9H2,1H3,(H2,11,12). The van der Waals surface area contributed by atoms with Gasteiger partial charge in [-0.05, 0) is 12.8 Å². The van der Waals surface area contributed by atoms with Crippen LogP contribution < -0.4 is 5.73 Å². The Balaban J connectivity index is 3.08. The maximum atomic E-state index is 10.3. The van der Waals surface area contributed by atoms with Crippen molar-refractivity contribution in [1.82, 2.24) is 0 Å². The van der Waals surface area contributed by atoms with E-state index in [1.165, 1.54) is 25.7 Å². The Labute approximate surface area is 74.8 Å². The molecule has 0 atom stereocenters. The fraction of sp³-hybridized carbons (Fsp3) is 0.700. The molecule has 0 aromatic heterocycles. The zero-order chi connectivity index (χ0) is 9.23. The second-order valence-electron chi connectivity index (χ2n) is 2.99. The summed E-state index contributed by atoms with van der Waals surface area (Å²) in [7, 11) is 0. The average Bonchev–Trinajstić information content (AvgIpc) is 2.02. The van der Waals surface area contributed by atoms with E-state index in [1.807, 2.05) is 12.2 Å². The van der Waals surface area contributed by atoms with Crippen LogP contribution in [-0.2, 0) is 4.79 Å². The van der Waals surface area contributed by atoms with Gasteiger partial charge in [0.2, 0.25) is 5.91 Å². The first-order chi connectivity index (χ1) is 5.77. The van der Waals surface area contributed by atoms with Crippen molar-refractivity contribution in [2.45, 2.75) is 45.4 Å². The summed E-state index contributed by atoms with van der Waals surface area (Å²) in [4.78, 5) is 10.3. The summed E-state index contributed by atoms with van der Waals surface area (Å²) in [5.41, 5.74) is 4.96. The van der Waals surface area contributed by atoms with E-state index in [1.54, 1.807) is 0 Å². The smallest absolute Gasteiger partial charge is 0.221 e. The third-order valence-electron chi connectivity index (χ3n) is 1.71. The molecule has 0 heterocycles. The van der Waals surface area contributed by atoms with Gasteiger partial charge in [-0.3, -0.25) is 4.79 Å². The molecular weight excluding hydrogens is 150 g/mol. The van der Waals surface area contributed by atoms with E-state index in [4.69, 9.17) is 5.73 Å². The molecule has 0 aliphatic rings. The summed E-state index contributed by atoms with van der Waals surface area (Å²) in [6.45, 7) is 2.20. The molecule has 0 aromatic rings. The van der Waals surface area contributed by atoms with Crippen molar-refractivity contribution in [3.8, 4) is 0 Å². The maximum Gasteiger partial charge on any atom is 0.221 e. The maximum absolute atomic E-state index is 10.3. The van der Waals surface area contributed by atoms with E-state index in [-0.39, 0.29) is 5.91 Å². The number of amides is 1. The first-order valence-corrected chi connectivity index (χ1v) is 4.70. The zero-order valence-electron chi connectivity index (χ0n) is 7.88. The molecule has 2 heteroatoms. The number of carbonyl (C=O) groups is 1. The highest BCUT2D eigenvalue weighted by Crippen LogP contribution is 2.02. The number of allylic oxidation sites excluding steroid dienone is 1. The van der Waals surface area contributed by atoms with Crippen molar-refractivity contribution in [3.63, 3.8) is 0 Å².